The van der Waals surface area contributed by atoms with E-state index >= 15 is 0 Å². The maximum absolute atomic E-state index is 6.08. The van der Waals surface area contributed by atoms with E-state index in [1.807, 2.05) is 6.92 Å². The molecule has 0 heterocycles. The molecular weight excluding hydrogens is 240 g/mol. The van der Waals surface area contributed by atoms with Gasteiger partial charge in [0.25, 0.3) is 0 Å². The monoisotopic (exact) mass is 274 g/mol. The summed E-state index contributed by atoms with van der Waals surface area (Å²) in [5.74, 6) is 0. The minimum absolute atomic E-state index is 0.000910. The lowest BCUT2D eigenvalue weighted by molar-refractivity contribution is -0.0417. The summed E-state index contributed by atoms with van der Waals surface area (Å²) in [6, 6.07) is 2.67. The second-order valence-corrected chi connectivity index (χ2v) is 7.93. The topological polar surface area (TPSA) is 18.5 Å². The van der Waals surface area contributed by atoms with Crippen molar-refractivity contribution in [3.8, 4) is 0 Å². The van der Waals surface area contributed by atoms with Crippen LogP contribution in [0, 0.1) is 0 Å². The van der Waals surface area contributed by atoms with Crippen molar-refractivity contribution in [1.29, 1.82) is 0 Å². The van der Waals surface area contributed by atoms with Crippen LogP contribution in [0.5, 0.6) is 0 Å². The molecule has 2 nitrogen and oxygen atoms in total. The third kappa shape index (κ3) is 11.2. The molecule has 0 N–H and O–H groups in total. The smallest absolute Gasteiger partial charge is 0.180 e. The quantitative estimate of drug-likeness (QED) is 0.271. The molecule has 18 heavy (non-hydrogen) atoms. The van der Waals surface area contributed by atoms with Crippen molar-refractivity contribution < 1.29 is 9.16 Å². The first-order chi connectivity index (χ1) is 8.74. The lowest BCUT2D eigenvalue weighted by Crippen LogP contribution is -2.25. The van der Waals surface area contributed by atoms with Crippen LogP contribution in [0.3, 0.4) is 0 Å². The first-order valence-electron chi connectivity index (χ1n) is 7.92. The van der Waals surface area contributed by atoms with Gasteiger partial charge >= 0.3 is 0 Å². The van der Waals surface area contributed by atoms with Gasteiger partial charge in [-0.2, -0.15) is 0 Å². The van der Waals surface area contributed by atoms with E-state index in [1.165, 1.54) is 63.5 Å². The minimum Gasteiger partial charge on any atom is -0.396 e. The zero-order chi connectivity index (χ0) is 13.6. The van der Waals surface area contributed by atoms with Gasteiger partial charge in [0, 0.05) is 7.11 Å². The lowest BCUT2D eigenvalue weighted by atomic mass is 10.2. The zero-order valence-electron chi connectivity index (χ0n) is 13.0. The van der Waals surface area contributed by atoms with Crippen LogP contribution in [0.15, 0.2) is 0 Å². The predicted octanol–water partition coefficient (Wildman–Crippen LogP) is 4.88. The second-order valence-electron chi connectivity index (χ2n) is 5.26. The second kappa shape index (κ2) is 13.6. The van der Waals surface area contributed by atoms with Gasteiger partial charge in [0.05, 0.1) is 0 Å². The molecule has 0 spiro atoms. The van der Waals surface area contributed by atoms with Gasteiger partial charge in [0.15, 0.2) is 9.04 Å². The van der Waals surface area contributed by atoms with Crippen LogP contribution in [-0.4, -0.2) is 22.4 Å². The molecule has 0 aliphatic rings. The SMILES string of the molecule is CCCCCC[SiH](CCCCCC)OC(C)OC. The van der Waals surface area contributed by atoms with E-state index in [0.29, 0.717) is 0 Å². The van der Waals surface area contributed by atoms with Crippen LogP contribution in [0.1, 0.15) is 72.1 Å². The van der Waals surface area contributed by atoms with E-state index in [1.54, 1.807) is 7.11 Å². The highest BCUT2D eigenvalue weighted by molar-refractivity contribution is 6.51. The number of hydrogen-bond donors (Lipinski definition) is 0. The number of unbranched alkanes of at least 4 members (excludes halogenated alkanes) is 6. The normalized spacial score (nSPS) is 13.2. The third-order valence-corrected chi connectivity index (χ3v) is 6.35. The Bertz CT molecular complexity index is 153. The summed E-state index contributed by atoms with van der Waals surface area (Å²) in [4.78, 5) is 0. The third-order valence-electron chi connectivity index (χ3n) is 3.48. The fourth-order valence-electron chi connectivity index (χ4n) is 2.20. The molecule has 0 amide bonds. The standard InChI is InChI=1S/C15H34O2Si/c1-5-7-9-11-13-18(17-15(3)16-4)14-12-10-8-6-2/h15,18H,5-14H2,1-4H3. The molecule has 0 rings (SSSR count). The van der Waals surface area contributed by atoms with Crippen LogP contribution in [0.25, 0.3) is 0 Å². The molecule has 0 bridgehead atoms. The van der Waals surface area contributed by atoms with Crippen molar-refractivity contribution >= 4 is 9.04 Å². The Morgan fingerprint density at radius 3 is 1.72 bits per heavy atom. The molecule has 0 aromatic carbocycles. The van der Waals surface area contributed by atoms with Crippen LogP contribution in [0.2, 0.25) is 12.1 Å². The number of hydrogen-bond acceptors (Lipinski definition) is 2. The molecule has 0 saturated heterocycles. The van der Waals surface area contributed by atoms with E-state index in [0.717, 1.165) is 0 Å². The molecular formula is C15H34O2Si. The van der Waals surface area contributed by atoms with E-state index in [9.17, 15) is 0 Å². The molecule has 0 aliphatic carbocycles. The van der Waals surface area contributed by atoms with Crippen LogP contribution in [-0.2, 0) is 9.16 Å². The Hall–Kier alpha value is 0.137. The molecule has 0 radical (unpaired) electrons. The maximum Gasteiger partial charge on any atom is 0.180 e. The van der Waals surface area contributed by atoms with Gasteiger partial charge in [-0.25, -0.2) is 0 Å². The molecule has 110 valence electrons. The zero-order valence-corrected chi connectivity index (χ0v) is 14.2. The van der Waals surface area contributed by atoms with E-state index < -0.39 is 9.04 Å². The van der Waals surface area contributed by atoms with Crippen LogP contribution in [0.4, 0.5) is 0 Å². The van der Waals surface area contributed by atoms with Crippen LogP contribution < -0.4 is 0 Å². The predicted molar refractivity (Wildman–Crippen MR) is 82.6 cm³/mol. The maximum atomic E-state index is 6.08. The molecule has 0 aromatic rings. The fourth-order valence-corrected chi connectivity index (χ4v) is 4.91. The number of methoxy groups -OCH3 is 1. The molecule has 0 saturated carbocycles. The Morgan fingerprint density at radius 2 is 1.33 bits per heavy atom. The van der Waals surface area contributed by atoms with Gasteiger partial charge in [-0.1, -0.05) is 65.2 Å². The Kier molecular flexibility index (Phi) is 13.7. The van der Waals surface area contributed by atoms with Crippen molar-refractivity contribution in [2.45, 2.75) is 90.5 Å². The number of rotatable bonds is 13. The van der Waals surface area contributed by atoms with Crippen molar-refractivity contribution in [3.63, 3.8) is 0 Å². The van der Waals surface area contributed by atoms with Gasteiger partial charge in [0.2, 0.25) is 0 Å². The summed E-state index contributed by atoms with van der Waals surface area (Å²) in [5, 5.41) is 0. The van der Waals surface area contributed by atoms with Crippen molar-refractivity contribution in [2.75, 3.05) is 7.11 Å². The highest BCUT2D eigenvalue weighted by Crippen LogP contribution is 2.15. The largest absolute Gasteiger partial charge is 0.396 e. The Balaban J connectivity index is 3.77. The van der Waals surface area contributed by atoms with E-state index in [4.69, 9.17) is 9.16 Å². The average molecular weight is 275 g/mol. The highest BCUT2D eigenvalue weighted by Gasteiger charge is 2.14. The van der Waals surface area contributed by atoms with Gasteiger partial charge in [-0.3, -0.25) is 0 Å². The van der Waals surface area contributed by atoms with Crippen molar-refractivity contribution in [1.82, 2.24) is 0 Å². The fraction of sp³-hybridized carbons (Fsp3) is 1.00. The van der Waals surface area contributed by atoms with Gasteiger partial charge in [-0.15, -0.1) is 0 Å². The summed E-state index contributed by atoms with van der Waals surface area (Å²) in [5.41, 5.74) is 0. The van der Waals surface area contributed by atoms with Gasteiger partial charge in [-0.05, 0) is 19.0 Å². The van der Waals surface area contributed by atoms with Crippen molar-refractivity contribution in [3.05, 3.63) is 0 Å². The molecule has 1 unspecified atom stereocenters. The van der Waals surface area contributed by atoms with E-state index in [2.05, 4.69) is 13.8 Å². The first kappa shape index (κ1) is 18.1. The van der Waals surface area contributed by atoms with Crippen molar-refractivity contribution in [2.24, 2.45) is 0 Å². The summed E-state index contributed by atoms with van der Waals surface area (Å²) in [6.45, 7) is 6.56. The van der Waals surface area contributed by atoms with Gasteiger partial charge in [0.1, 0.15) is 6.29 Å². The summed E-state index contributed by atoms with van der Waals surface area (Å²) >= 11 is 0. The van der Waals surface area contributed by atoms with Crippen LogP contribution >= 0.6 is 0 Å². The summed E-state index contributed by atoms with van der Waals surface area (Å²) < 4.78 is 11.3. The highest BCUT2D eigenvalue weighted by atomic mass is 28.3. The Labute approximate surface area is 116 Å². The minimum atomic E-state index is -1.02. The first-order valence-corrected chi connectivity index (χ1v) is 10.0. The summed E-state index contributed by atoms with van der Waals surface area (Å²) in [6.07, 6.45) is 10.8. The number of ether oxygens (including phenoxy) is 1. The van der Waals surface area contributed by atoms with E-state index in [-0.39, 0.29) is 6.29 Å². The molecule has 3 heteroatoms. The molecule has 0 fully saturated rings. The van der Waals surface area contributed by atoms with Gasteiger partial charge < -0.3 is 9.16 Å². The molecule has 0 aromatic heterocycles. The lowest BCUT2D eigenvalue weighted by Gasteiger charge is -2.20. The Morgan fingerprint density at radius 1 is 0.833 bits per heavy atom. The summed E-state index contributed by atoms with van der Waals surface area (Å²) in [7, 11) is 0.721. The molecule has 1 atom stereocenters. The average Bonchev–Trinajstić information content (AvgIpc) is 2.39. The molecule has 0 aliphatic heterocycles.